The number of hydrogen-bond acceptors (Lipinski definition) is 5. The second-order valence-corrected chi connectivity index (χ2v) is 9.52. The van der Waals surface area contributed by atoms with E-state index in [2.05, 4.69) is 10.6 Å². The molecule has 1 aromatic rings. The van der Waals surface area contributed by atoms with Gasteiger partial charge in [0.25, 0.3) is 0 Å². The van der Waals surface area contributed by atoms with E-state index in [-0.39, 0.29) is 11.9 Å². The second-order valence-electron chi connectivity index (χ2n) is 9.52. The van der Waals surface area contributed by atoms with Crippen molar-refractivity contribution >= 4 is 17.6 Å². The van der Waals surface area contributed by atoms with Crippen molar-refractivity contribution in [3.63, 3.8) is 0 Å². The van der Waals surface area contributed by atoms with E-state index >= 15 is 0 Å². The molecule has 6 nitrogen and oxygen atoms in total. The summed E-state index contributed by atoms with van der Waals surface area (Å²) < 4.78 is 4.77. The number of ether oxygens (including phenoxy) is 1. The monoisotopic (exact) mass is 386 g/mol. The average molecular weight is 386 g/mol. The Morgan fingerprint density at radius 3 is 2.46 bits per heavy atom. The van der Waals surface area contributed by atoms with Crippen LogP contribution in [0.5, 0.6) is 0 Å². The Bertz CT molecular complexity index is 774. The van der Waals surface area contributed by atoms with Gasteiger partial charge >= 0.3 is 5.97 Å². The third-order valence-electron chi connectivity index (χ3n) is 6.85. The molecule has 0 radical (unpaired) electrons. The van der Waals surface area contributed by atoms with Gasteiger partial charge in [-0.3, -0.25) is 4.79 Å². The standard InChI is InChI=1S/C22H30N2O4/c1-21(2,24-17-6-4-5-14(9-17)19(25)28-3)20(26)23-18-15-7-13-8-16(18)12-22(27,10-13)11-15/h4-6,9,13,15-16,18,24,27H,7-8,10-12H2,1-3H3,(H,23,26)/t13?,15-,16+,18?,22?. The highest BCUT2D eigenvalue weighted by molar-refractivity contribution is 5.92. The lowest BCUT2D eigenvalue weighted by molar-refractivity contribution is -0.148. The van der Waals surface area contributed by atoms with Gasteiger partial charge in [0.2, 0.25) is 5.91 Å². The van der Waals surface area contributed by atoms with Crippen LogP contribution in [0.4, 0.5) is 5.69 Å². The fraction of sp³-hybridized carbons (Fsp3) is 0.636. The zero-order valence-corrected chi connectivity index (χ0v) is 16.8. The number of esters is 1. The Kier molecular flexibility index (Phi) is 4.65. The first-order valence-electron chi connectivity index (χ1n) is 10.2. The van der Waals surface area contributed by atoms with Gasteiger partial charge in [-0.1, -0.05) is 6.07 Å². The molecule has 0 aromatic heterocycles. The van der Waals surface area contributed by atoms with Crippen molar-refractivity contribution in [3.05, 3.63) is 29.8 Å². The first-order chi connectivity index (χ1) is 13.2. The number of amides is 1. The zero-order chi connectivity index (χ0) is 20.1. The summed E-state index contributed by atoms with van der Waals surface area (Å²) >= 11 is 0. The Hall–Kier alpha value is -2.08. The second kappa shape index (κ2) is 6.76. The molecule has 152 valence electrons. The lowest BCUT2D eigenvalue weighted by Crippen LogP contribution is -2.63. The third-order valence-corrected chi connectivity index (χ3v) is 6.85. The predicted molar refractivity (Wildman–Crippen MR) is 106 cm³/mol. The normalized spacial score (nSPS) is 33.4. The topological polar surface area (TPSA) is 87.7 Å². The van der Waals surface area contributed by atoms with Crippen molar-refractivity contribution in [2.45, 2.75) is 63.1 Å². The van der Waals surface area contributed by atoms with Gasteiger partial charge in [-0.05, 0) is 81.9 Å². The average Bonchev–Trinajstić information content (AvgIpc) is 2.62. The predicted octanol–water partition coefficient (Wildman–Crippen LogP) is 2.72. The van der Waals surface area contributed by atoms with E-state index in [1.807, 2.05) is 19.9 Å². The lowest BCUT2D eigenvalue weighted by atomic mass is 9.52. The number of anilines is 1. The summed E-state index contributed by atoms with van der Waals surface area (Å²) in [5, 5.41) is 17.3. The minimum atomic E-state index is -0.833. The van der Waals surface area contributed by atoms with Crippen LogP contribution in [0.25, 0.3) is 0 Å². The lowest BCUT2D eigenvalue weighted by Gasteiger charge is -2.58. The summed E-state index contributed by atoms with van der Waals surface area (Å²) in [6.45, 7) is 3.69. The van der Waals surface area contributed by atoms with Crippen LogP contribution in [-0.4, -0.2) is 41.3 Å². The highest BCUT2D eigenvalue weighted by atomic mass is 16.5. The van der Waals surface area contributed by atoms with Gasteiger partial charge in [-0.2, -0.15) is 0 Å². The van der Waals surface area contributed by atoms with Crippen molar-refractivity contribution in [1.29, 1.82) is 0 Å². The molecule has 4 saturated carbocycles. The molecule has 1 amide bonds. The van der Waals surface area contributed by atoms with Crippen molar-refractivity contribution in [2.75, 3.05) is 12.4 Å². The Morgan fingerprint density at radius 2 is 1.86 bits per heavy atom. The molecule has 3 unspecified atom stereocenters. The molecule has 4 fully saturated rings. The number of carbonyl (C=O) groups excluding carboxylic acids is 2. The fourth-order valence-corrected chi connectivity index (χ4v) is 5.81. The molecule has 0 aliphatic heterocycles. The van der Waals surface area contributed by atoms with E-state index in [1.54, 1.807) is 18.2 Å². The number of hydrogen-bond donors (Lipinski definition) is 3. The van der Waals surface area contributed by atoms with Gasteiger partial charge in [0.15, 0.2) is 0 Å². The Labute approximate surface area is 166 Å². The molecule has 5 atom stereocenters. The molecule has 0 heterocycles. The van der Waals surface area contributed by atoms with Crippen LogP contribution >= 0.6 is 0 Å². The van der Waals surface area contributed by atoms with E-state index in [0.29, 0.717) is 29.0 Å². The van der Waals surface area contributed by atoms with E-state index < -0.39 is 17.1 Å². The number of carbonyl (C=O) groups is 2. The Balaban J connectivity index is 1.44. The van der Waals surface area contributed by atoms with Gasteiger partial charge in [-0.25, -0.2) is 4.79 Å². The van der Waals surface area contributed by atoms with Gasteiger partial charge in [0, 0.05) is 11.7 Å². The molecule has 28 heavy (non-hydrogen) atoms. The molecule has 4 aliphatic rings. The van der Waals surface area contributed by atoms with Crippen LogP contribution in [0, 0.1) is 17.8 Å². The molecule has 5 rings (SSSR count). The Morgan fingerprint density at radius 1 is 1.18 bits per heavy atom. The van der Waals surface area contributed by atoms with Crippen molar-refractivity contribution in [1.82, 2.24) is 5.32 Å². The summed E-state index contributed by atoms with van der Waals surface area (Å²) in [6, 6.07) is 7.12. The van der Waals surface area contributed by atoms with E-state index in [9.17, 15) is 14.7 Å². The molecular weight excluding hydrogens is 356 g/mol. The molecule has 6 heteroatoms. The quantitative estimate of drug-likeness (QED) is 0.677. The minimum absolute atomic E-state index is 0.0552. The molecular formula is C22H30N2O4. The summed E-state index contributed by atoms with van der Waals surface area (Å²) in [6.07, 6.45) is 4.77. The molecule has 0 saturated heterocycles. The first-order valence-corrected chi connectivity index (χ1v) is 10.2. The summed E-state index contributed by atoms with van der Waals surface area (Å²) in [4.78, 5) is 24.8. The van der Waals surface area contributed by atoms with Crippen molar-refractivity contribution in [2.24, 2.45) is 17.8 Å². The van der Waals surface area contributed by atoms with Crippen molar-refractivity contribution < 1.29 is 19.4 Å². The number of aliphatic hydroxyl groups is 1. The van der Waals surface area contributed by atoms with Gasteiger partial charge < -0.3 is 20.5 Å². The van der Waals surface area contributed by atoms with E-state index in [0.717, 1.165) is 32.1 Å². The number of methoxy groups -OCH3 is 1. The van der Waals surface area contributed by atoms with Crippen molar-refractivity contribution in [3.8, 4) is 0 Å². The highest BCUT2D eigenvalue weighted by Gasteiger charge is 2.55. The summed E-state index contributed by atoms with van der Waals surface area (Å²) in [7, 11) is 1.35. The summed E-state index contributed by atoms with van der Waals surface area (Å²) in [5.74, 6) is 0.901. The number of nitrogens with one attached hydrogen (secondary N) is 2. The maximum atomic E-state index is 13.1. The summed E-state index contributed by atoms with van der Waals surface area (Å²) in [5.41, 5.74) is -0.194. The molecule has 0 spiro atoms. The van der Waals surface area contributed by atoms with E-state index in [1.165, 1.54) is 7.11 Å². The number of rotatable bonds is 5. The van der Waals surface area contributed by atoms with E-state index in [4.69, 9.17) is 4.74 Å². The zero-order valence-electron chi connectivity index (χ0n) is 16.8. The molecule has 1 aromatic carbocycles. The maximum Gasteiger partial charge on any atom is 0.337 e. The largest absolute Gasteiger partial charge is 0.465 e. The van der Waals surface area contributed by atoms with Crippen LogP contribution < -0.4 is 10.6 Å². The third kappa shape index (κ3) is 3.50. The molecule has 4 aliphatic carbocycles. The van der Waals surface area contributed by atoms with Gasteiger partial charge in [0.05, 0.1) is 18.3 Å². The van der Waals surface area contributed by atoms with Crippen LogP contribution in [0.15, 0.2) is 24.3 Å². The van der Waals surface area contributed by atoms with Crippen LogP contribution in [0.1, 0.15) is 56.3 Å². The minimum Gasteiger partial charge on any atom is -0.465 e. The molecule has 3 N–H and O–H groups in total. The van der Waals surface area contributed by atoms with Gasteiger partial charge in [-0.15, -0.1) is 0 Å². The van der Waals surface area contributed by atoms with Crippen LogP contribution in [0.3, 0.4) is 0 Å². The van der Waals surface area contributed by atoms with Crippen LogP contribution in [-0.2, 0) is 9.53 Å². The van der Waals surface area contributed by atoms with Crippen LogP contribution in [0.2, 0.25) is 0 Å². The SMILES string of the molecule is COC(=O)c1cccc(NC(C)(C)C(=O)NC2[C@@H]3CC4C[C@H]2CC(O)(C4)C3)c1. The smallest absolute Gasteiger partial charge is 0.337 e. The maximum absolute atomic E-state index is 13.1. The molecule has 4 bridgehead atoms. The highest BCUT2D eigenvalue weighted by Crippen LogP contribution is 2.55. The fourth-order valence-electron chi connectivity index (χ4n) is 5.81. The first kappa shape index (κ1) is 19.2. The van der Waals surface area contributed by atoms with Gasteiger partial charge in [0.1, 0.15) is 5.54 Å². The number of benzene rings is 1.